The van der Waals surface area contributed by atoms with E-state index in [0.29, 0.717) is 11.8 Å². The Balaban J connectivity index is 1.93. The summed E-state index contributed by atoms with van der Waals surface area (Å²) in [6.07, 6.45) is 0. The summed E-state index contributed by atoms with van der Waals surface area (Å²) in [7, 11) is 0. The van der Waals surface area contributed by atoms with Crippen molar-refractivity contribution in [2.45, 2.75) is 6.92 Å². The molecule has 0 saturated heterocycles. The molecule has 0 bridgehead atoms. The van der Waals surface area contributed by atoms with Gasteiger partial charge in [-0.1, -0.05) is 15.9 Å². The lowest BCUT2D eigenvalue weighted by Gasteiger charge is -2.09. The van der Waals surface area contributed by atoms with E-state index in [4.69, 9.17) is 0 Å². The zero-order chi connectivity index (χ0) is 17.0. The Morgan fingerprint density at radius 3 is 2.52 bits per heavy atom. The first-order chi connectivity index (χ1) is 10.9. The van der Waals surface area contributed by atoms with Gasteiger partial charge in [0.2, 0.25) is 5.91 Å². The molecule has 2 amide bonds. The molecule has 2 aromatic rings. The Hall–Kier alpha value is -2.28. The van der Waals surface area contributed by atoms with Gasteiger partial charge in [0.05, 0.1) is 12.1 Å². The average molecular weight is 383 g/mol. The van der Waals surface area contributed by atoms with E-state index in [9.17, 15) is 18.4 Å². The number of rotatable bonds is 4. The van der Waals surface area contributed by atoms with Crippen molar-refractivity contribution in [1.82, 2.24) is 5.32 Å². The molecular formula is C16H13BrF2N2O2. The van der Waals surface area contributed by atoms with Gasteiger partial charge >= 0.3 is 0 Å². The second kappa shape index (κ2) is 7.32. The van der Waals surface area contributed by atoms with Crippen LogP contribution >= 0.6 is 15.9 Å². The lowest BCUT2D eigenvalue weighted by molar-refractivity contribution is -0.115. The number of carbonyl (C=O) groups is 2. The Kier molecular flexibility index (Phi) is 5.44. The van der Waals surface area contributed by atoms with E-state index in [1.165, 1.54) is 0 Å². The normalized spacial score (nSPS) is 10.3. The minimum atomic E-state index is -0.980. The lowest BCUT2D eigenvalue weighted by Crippen LogP contribution is -2.33. The van der Waals surface area contributed by atoms with Crippen LogP contribution in [0, 0.1) is 18.6 Å². The fourth-order valence-corrected chi connectivity index (χ4v) is 2.10. The summed E-state index contributed by atoms with van der Waals surface area (Å²) in [4.78, 5) is 23.6. The zero-order valence-electron chi connectivity index (χ0n) is 12.1. The van der Waals surface area contributed by atoms with Gasteiger partial charge in [-0.15, -0.1) is 0 Å². The van der Waals surface area contributed by atoms with Gasteiger partial charge in [0.25, 0.3) is 5.91 Å². The minimum Gasteiger partial charge on any atom is -0.343 e. The third-order valence-corrected chi connectivity index (χ3v) is 3.92. The van der Waals surface area contributed by atoms with Crippen molar-refractivity contribution >= 4 is 33.4 Å². The number of hydrogen-bond donors (Lipinski definition) is 2. The Labute approximate surface area is 140 Å². The fourth-order valence-electron chi connectivity index (χ4n) is 1.86. The molecular weight excluding hydrogens is 370 g/mol. The number of nitrogens with one attached hydrogen (secondary N) is 2. The van der Waals surface area contributed by atoms with Crippen molar-refractivity contribution in [3.8, 4) is 0 Å². The SMILES string of the molecule is Cc1cc(NC(=O)CNC(=O)c2ccc(F)cc2F)ccc1Br. The second-order valence-electron chi connectivity index (χ2n) is 4.82. The summed E-state index contributed by atoms with van der Waals surface area (Å²) >= 11 is 3.35. The maximum absolute atomic E-state index is 13.4. The molecule has 0 fully saturated rings. The molecule has 0 unspecified atom stereocenters. The van der Waals surface area contributed by atoms with E-state index >= 15 is 0 Å². The lowest BCUT2D eigenvalue weighted by atomic mass is 10.2. The van der Waals surface area contributed by atoms with E-state index in [-0.39, 0.29) is 12.1 Å². The summed E-state index contributed by atoms with van der Waals surface area (Å²) < 4.78 is 27.2. The third-order valence-electron chi connectivity index (χ3n) is 3.03. The Morgan fingerprint density at radius 2 is 1.87 bits per heavy atom. The summed E-state index contributed by atoms with van der Waals surface area (Å²) in [5, 5.41) is 4.89. The van der Waals surface area contributed by atoms with Crippen molar-refractivity contribution in [2.24, 2.45) is 0 Å². The molecule has 2 aromatic carbocycles. The highest BCUT2D eigenvalue weighted by atomic mass is 79.9. The fraction of sp³-hybridized carbons (Fsp3) is 0.125. The van der Waals surface area contributed by atoms with E-state index < -0.39 is 23.4 Å². The predicted molar refractivity (Wildman–Crippen MR) is 86.2 cm³/mol. The van der Waals surface area contributed by atoms with Gasteiger partial charge in [-0.3, -0.25) is 9.59 Å². The maximum atomic E-state index is 13.4. The van der Waals surface area contributed by atoms with Crippen LogP contribution in [0.1, 0.15) is 15.9 Å². The van der Waals surface area contributed by atoms with Crippen molar-refractivity contribution in [2.75, 3.05) is 11.9 Å². The summed E-state index contributed by atoms with van der Waals surface area (Å²) in [6.45, 7) is 1.55. The van der Waals surface area contributed by atoms with Crippen molar-refractivity contribution in [3.05, 3.63) is 63.6 Å². The van der Waals surface area contributed by atoms with Crippen LogP contribution < -0.4 is 10.6 Å². The first kappa shape index (κ1) is 17.1. The standard InChI is InChI=1S/C16H13BrF2N2O2/c1-9-6-11(3-5-13(9)17)21-15(22)8-20-16(23)12-4-2-10(18)7-14(12)19/h2-7H,8H2,1H3,(H,20,23)(H,21,22). The van der Waals surface area contributed by atoms with E-state index in [2.05, 4.69) is 26.6 Å². The molecule has 23 heavy (non-hydrogen) atoms. The number of aryl methyl sites for hydroxylation is 1. The minimum absolute atomic E-state index is 0.321. The molecule has 7 heteroatoms. The number of carbonyl (C=O) groups excluding carboxylic acids is 2. The molecule has 0 radical (unpaired) electrons. The van der Waals surface area contributed by atoms with Crippen molar-refractivity contribution in [1.29, 1.82) is 0 Å². The second-order valence-corrected chi connectivity index (χ2v) is 5.67. The molecule has 4 nitrogen and oxygen atoms in total. The first-order valence-electron chi connectivity index (χ1n) is 6.66. The number of amides is 2. The summed E-state index contributed by atoms with van der Waals surface area (Å²) in [5.74, 6) is -3.00. The van der Waals surface area contributed by atoms with Gasteiger partial charge in [0, 0.05) is 16.2 Å². The van der Waals surface area contributed by atoms with E-state index in [0.717, 1.165) is 22.2 Å². The molecule has 0 aliphatic rings. The Morgan fingerprint density at radius 1 is 1.13 bits per heavy atom. The monoisotopic (exact) mass is 382 g/mol. The molecule has 0 aliphatic carbocycles. The van der Waals surface area contributed by atoms with Crippen LogP contribution in [0.3, 0.4) is 0 Å². The van der Waals surface area contributed by atoms with Crippen LogP contribution in [-0.2, 0) is 4.79 Å². The molecule has 0 aliphatic heterocycles. The summed E-state index contributed by atoms with van der Waals surface area (Å²) in [6, 6.07) is 7.87. The van der Waals surface area contributed by atoms with Crippen LogP contribution in [-0.4, -0.2) is 18.4 Å². The Bertz CT molecular complexity index is 766. The van der Waals surface area contributed by atoms with Crippen LogP contribution in [0.15, 0.2) is 40.9 Å². The quantitative estimate of drug-likeness (QED) is 0.851. The van der Waals surface area contributed by atoms with Gasteiger partial charge in [-0.05, 0) is 42.8 Å². The third kappa shape index (κ3) is 4.59. The maximum Gasteiger partial charge on any atom is 0.254 e. The number of anilines is 1. The molecule has 0 heterocycles. The van der Waals surface area contributed by atoms with Gasteiger partial charge in [-0.25, -0.2) is 8.78 Å². The highest BCUT2D eigenvalue weighted by Crippen LogP contribution is 2.19. The smallest absolute Gasteiger partial charge is 0.254 e. The molecule has 120 valence electrons. The van der Waals surface area contributed by atoms with Gasteiger partial charge in [-0.2, -0.15) is 0 Å². The van der Waals surface area contributed by atoms with E-state index in [1.807, 2.05) is 6.92 Å². The number of hydrogen-bond acceptors (Lipinski definition) is 2. The predicted octanol–water partition coefficient (Wildman–Crippen LogP) is 3.40. The highest BCUT2D eigenvalue weighted by Gasteiger charge is 2.13. The molecule has 2 N–H and O–H groups in total. The van der Waals surface area contributed by atoms with Crippen LogP contribution in [0.25, 0.3) is 0 Å². The molecule has 2 rings (SSSR count). The van der Waals surface area contributed by atoms with Crippen LogP contribution in [0.5, 0.6) is 0 Å². The van der Waals surface area contributed by atoms with Crippen LogP contribution in [0.2, 0.25) is 0 Å². The number of halogens is 3. The van der Waals surface area contributed by atoms with E-state index in [1.54, 1.807) is 18.2 Å². The molecule has 0 atom stereocenters. The van der Waals surface area contributed by atoms with Gasteiger partial charge < -0.3 is 10.6 Å². The summed E-state index contributed by atoms with van der Waals surface area (Å²) in [5.41, 5.74) is 1.21. The molecule has 0 aromatic heterocycles. The van der Waals surface area contributed by atoms with Gasteiger partial charge in [0.1, 0.15) is 11.6 Å². The largest absolute Gasteiger partial charge is 0.343 e. The number of benzene rings is 2. The highest BCUT2D eigenvalue weighted by molar-refractivity contribution is 9.10. The van der Waals surface area contributed by atoms with Crippen molar-refractivity contribution < 1.29 is 18.4 Å². The first-order valence-corrected chi connectivity index (χ1v) is 7.45. The van der Waals surface area contributed by atoms with Crippen molar-refractivity contribution in [3.63, 3.8) is 0 Å². The zero-order valence-corrected chi connectivity index (χ0v) is 13.7. The van der Waals surface area contributed by atoms with Crippen LogP contribution in [0.4, 0.5) is 14.5 Å². The molecule has 0 saturated carbocycles. The topological polar surface area (TPSA) is 58.2 Å². The van der Waals surface area contributed by atoms with Gasteiger partial charge in [0.15, 0.2) is 0 Å². The molecule has 0 spiro atoms. The average Bonchev–Trinajstić information content (AvgIpc) is 2.48.